The highest BCUT2D eigenvalue weighted by Gasteiger charge is 2.28. The molecule has 1 atom stereocenters. The van der Waals surface area contributed by atoms with E-state index >= 15 is 0 Å². The molecule has 2 aromatic rings. The van der Waals surface area contributed by atoms with Crippen LogP contribution in [-0.2, 0) is 14.3 Å². The lowest BCUT2D eigenvalue weighted by molar-refractivity contribution is -0.137. The molecule has 164 valence electrons. The van der Waals surface area contributed by atoms with E-state index in [9.17, 15) is 14.4 Å². The van der Waals surface area contributed by atoms with Crippen LogP contribution in [0.15, 0.2) is 48.5 Å². The molecule has 0 spiro atoms. The van der Waals surface area contributed by atoms with E-state index in [2.05, 4.69) is 34.9 Å². The summed E-state index contributed by atoms with van der Waals surface area (Å²) in [7, 11) is 0. The Morgan fingerprint density at radius 1 is 1.00 bits per heavy atom. The fourth-order valence-electron chi connectivity index (χ4n) is 3.91. The number of hydrogen-bond donors (Lipinski definition) is 3. The van der Waals surface area contributed by atoms with E-state index in [0.717, 1.165) is 0 Å². The Balaban J connectivity index is 1.37. The molecule has 0 heterocycles. The molecule has 0 radical (unpaired) electrons. The summed E-state index contributed by atoms with van der Waals surface area (Å²) < 4.78 is 5.47. The number of hydrogen-bond acceptors (Lipinski definition) is 4. The second-order valence-electron chi connectivity index (χ2n) is 7.78. The van der Waals surface area contributed by atoms with Crippen molar-refractivity contribution in [2.75, 3.05) is 13.2 Å². The summed E-state index contributed by atoms with van der Waals surface area (Å²) in [6, 6.07) is 15.9. The molecule has 0 aromatic heterocycles. The fourth-order valence-corrected chi connectivity index (χ4v) is 3.91. The number of ether oxygens (including phenoxy) is 1. The predicted octanol–water partition coefficient (Wildman–Crippen LogP) is 3.67. The van der Waals surface area contributed by atoms with Crippen molar-refractivity contribution in [2.24, 2.45) is 0 Å². The molecule has 3 N–H and O–H groups in total. The van der Waals surface area contributed by atoms with Crippen LogP contribution in [0.4, 0.5) is 4.79 Å². The zero-order valence-corrected chi connectivity index (χ0v) is 17.6. The molecule has 0 aliphatic heterocycles. The minimum atomic E-state index is -0.944. The third kappa shape index (κ3) is 6.07. The maximum atomic E-state index is 12.1. The predicted molar refractivity (Wildman–Crippen MR) is 117 cm³/mol. The van der Waals surface area contributed by atoms with Gasteiger partial charge in [0.05, 0.1) is 6.42 Å². The van der Waals surface area contributed by atoms with Gasteiger partial charge in [-0.2, -0.15) is 0 Å². The molecule has 3 rings (SSSR count). The van der Waals surface area contributed by atoms with Crippen LogP contribution in [0.2, 0.25) is 0 Å². The largest absolute Gasteiger partial charge is 0.481 e. The molecule has 7 heteroatoms. The average molecular weight is 424 g/mol. The number of carboxylic acids is 1. The standard InChI is InChI=1S/C24H28N2O5/c1-16(14-23(28)29)26-22(27)12-6-7-13-25-24(30)31-15-21-19-10-4-2-8-17(19)18-9-3-5-11-20(18)21/h2-5,8-11,16,21H,6-7,12-15H2,1H3,(H,25,30)(H,26,27)(H,28,29)/t16-/m0/s1. The third-order valence-corrected chi connectivity index (χ3v) is 5.33. The molecule has 1 aliphatic carbocycles. The van der Waals surface area contributed by atoms with Gasteiger partial charge in [-0.1, -0.05) is 48.5 Å². The quantitative estimate of drug-likeness (QED) is 0.505. The van der Waals surface area contributed by atoms with Gasteiger partial charge in [-0.25, -0.2) is 4.79 Å². The molecule has 0 saturated heterocycles. The number of unbranched alkanes of at least 4 members (excludes halogenated alkanes) is 1. The smallest absolute Gasteiger partial charge is 0.407 e. The molecule has 7 nitrogen and oxygen atoms in total. The number of carbonyl (C=O) groups is 3. The van der Waals surface area contributed by atoms with Gasteiger partial charge in [-0.15, -0.1) is 0 Å². The Labute approximate surface area is 181 Å². The van der Waals surface area contributed by atoms with E-state index in [1.54, 1.807) is 6.92 Å². The number of aliphatic carboxylic acids is 1. The van der Waals surface area contributed by atoms with Crippen LogP contribution in [-0.4, -0.2) is 42.3 Å². The molecule has 0 saturated carbocycles. The highest BCUT2D eigenvalue weighted by Crippen LogP contribution is 2.44. The molecule has 0 fully saturated rings. The molecule has 31 heavy (non-hydrogen) atoms. The topological polar surface area (TPSA) is 105 Å². The zero-order valence-electron chi connectivity index (χ0n) is 17.6. The van der Waals surface area contributed by atoms with Crippen molar-refractivity contribution in [2.45, 2.75) is 44.6 Å². The first-order valence-electron chi connectivity index (χ1n) is 10.6. The summed E-state index contributed by atoms with van der Waals surface area (Å²) in [6.45, 7) is 2.34. The number of benzene rings is 2. The monoisotopic (exact) mass is 424 g/mol. The van der Waals surface area contributed by atoms with Crippen LogP contribution in [0.25, 0.3) is 11.1 Å². The Morgan fingerprint density at radius 2 is 1.61 bits per heavy atom. The van der Waals surface area contributed by atoms with E-state index in [4.69, 9.17) is 9.84 Å². The van der Waals surface area contributed by atoms with E-state index in [1.807, 2.05) is 24.3 Å². The van der Waals surface area contributed by atoms with Gasteiger partial charge in [-0.3, -0.25) is 9.59 Å². The highest BCUT2D eigenvalue weighted by molar-refractivity contribution is 5.79. The van der Waals surface area contributed by atoms with E-state index in [1.165, 1.54) is 22.3 Å². The van der Waals surface area contributed by atoms with Crippen LogP contribution < -0.4 is 10.6 Å². The summed E-state index contributed by atoms with van der Waals surface area (Å²) in [4.78, 5) is 34.5. The third-order valence-electron chi connectivity index (χ3n) is 5.33. The lowest BCUT2D eigenvalue weighted by atomic mass is 9.98. The number of alkyl carbamates (subject to hydrolysis) is 1. The molecular formula is C24H28N2O5. The number of amides is 2. The number of fused-ring (bicyclic) bond motifs is 3. The maximum Gasteiger partial charge on any atom is 0.407 e. The van der Waals surface area contributed by atoms with Crippen LogP contribution >= 0.6 is 0 Å². The van der Waals surface area contributed by atoms with Gasteiger partial charge in [0.2, 0.25) is 5.91 Å². The van der Waals surface area contributed by atoms with E-state index in [-0.39, 0.29) is 31.3 Å². The van der Waals surface area contributed by atoms with Gasteiger partial charge in [-0.05, 0) is 42.0 Å². The fraction of sp³-hybridized carbons (Fsp3) is 0.375. The van der Waals surface area contributed by atoms with Gasteiger partial charge in [0, 0.05) is 24.9 Å². The Kier molecular flexibility index (Phi) is 7.65. The summed E-state index contributed by atoms with van der Waals surface area (Å²) in [5.41, 5.74) is 4.70. The molecule has 2 aromatic carbocycles. The molecule has 0 bridgehead atoms. The van der Waals surface area contributed by atoms with Crippen molar-refractivity contribution in [3.63, 3.8) is 0 Å². The van der Waals surface area contributed by atoms with Crippen molar-refractivity contribution in [1.29, 1.82) is 0 Å². The SMILES string of the molecule is C[C@@H](CC(=O)O)NC(=O)CCCCNC(=O)OCC1c2ccccc2-c2ccccc21. The first-order valence-corrected chi connectivity index (χ1v) is 10.6. The van der Waals surface area contributed by atoms with Gasteiger partial charge in [0.15, 0.2) is 0 Å². The maximum absolute atomic E-state index is 12.1. The van der Waals surface area contributed by atoms with Gasteiger partial charge in [0.25, 0.3) is 0 Å². The van der Waals surface area contributed by atoms with Crippen LogP contribution in [0.5, 0.6) is 0 Å². The van der Waals surface area contributed by atoms with Gasteiger partial charge < -0.3 is 20.5 Å². The zero-order chi connectivity index (χ0) is 22.2. The van der Waals surface area contributed by atoms with Crippen molar-refractivity contribution in [3.8, 4) is 11.1 Å². The average Bonchev–Trinajstić information content (AvgIpc) is 3.05. The normalized spacial score (nSPS) is 13.1. The number of rotatable bonds is 10. The van der Waals surface area contributed by atoms with E-state index in [0.29, 0.717) is 19.4 Å². The van der Waals surface area contributed by atoms with Crippen LogP contribution in [0, 0.1) is 0 Å². The minimum Gasteiger partial charge on any atom is -0.481 e. The van der Waals surface area contributed by atoms with E-state index < -0.39 is 18.1 Å². The Morgan fingerprint density at radius 3 is 2.23 bits per heavy atom. The summed E-state index contributed by atoms with van der Waals surface area (Å²) in [5.74, 6) is -1.11. The second kappa shape index (κ2) is 10.6. The highest BCUT2D eigenvalue weighted by atomic mass is 16.5. The Bertz CT molecular complexity index is 898. The van der Waals surface area contributed by atoms with Crippen LogP contribution in [0.1, 0.15) is 49.7 Å². The Hall–Kier alpha value is -3.35. The molecule has 2 amide bonds. The van der Waals surface area contributed by atoms with Crippen molar-refractivity contribution in [1.82, 2.24) is 10.6 Å². The molecular weight excluding hydrogens is 396 g/mol. The van der Waals surface area contributed by atoms with Gasteiger partial charge in [0.1, 0.15) is 6.61 Å². The number of nitrogens with one attached hydrogen (secondary N) is 2. The van der Waals surface area contributed by atoms with Crippen molar-refractivity contribution in [3.05, 3.63) is 59.7 Å². The molecule has 0 unspecified atom stereocenters. The number of carbonyl (C=O) groups excluding carboxylic acids is 2. The lowest BCUT2D eigenvalue weighted by Crippen LogP contribution is -2.34. The van der Waals surface area contributed by atoms with Gasteiger partial charge >= 0.3 is 12.1 Å². The molecule has 1 aliphatic rings. The van der Waals surface area contributed by atoms with Crippen LogP contribution in [0.3, 0.4) is 0 Å². The minimum absolute atomic E-state index is 0.0228. The second-order valence-corrected chi connectivity index (χ2v) is 7.78. The number of carboxylic acid groups (broad SMARTS) is 1. The first kappa shape index (κ1) is 22.3. The summed E-state index contributed by atoms with van der Waals surface area (Å²) >= 11 is 0. The summed E-state index contributed by atoms with van der Waals surface area (Å²) in [5, 5.41) is 14.1. The van der Waals surface area contributed by atoms with Crippen molar-refractivity contribution >= 4 is 18.0 Å². The summed E-state index contributed by atoms with van der Waals surface area (Å²) in [6.07, 6.45) is 0.937. The lowest BCUT2D eigenvalue weighted by Gasteiger charge is -2.14. The first-order chi connectivity index (χ1) is 15.0. The van der Waals surface area contributed by atoms with Crippen molar-refractivity contribution < 1.29 is 24.2 Å².